The van der Waals surface area contributed by atoms with E-state index in [4.69, 9.17) is 4.74 Å². The minimum absolute atomic E-state index is 0.565. The molecule has 0 rings (SSSR count). The predicted molar refractivity (Wildman–Crippen MR) is 78.2 cm³/mol. The molecule has 0 aliphatic heterocycles. The summed E-state index contributed by atoms with van der Waals surface area (Å²) < 4.78 is 4.99. The normalized spacial score (nSPS) is 12.6. The van der Waals surface area contributed by atoms with Crippen LogP contribution in [0.1, 0.15) is 27.7 Å². The Labute approximate surface area is 112 Å². The Morgan fingerprint density at radius 1 is 1.11 bits per heavy atom. The molecule has 0 aliphatic rings. The molecule has 0 radical (unpaired) electrons. The second kappa shape index (κ2) is 10.1. The monoisotopic (exact) mass is 258 g/mol. The van der Waals surface area contributed by atoms with Gasteiger partial charge in [0, 0.05) is 45.9 Å². The zero-order valence-electron chi connectivity index (χ0n) is 12.8. The molecule has 0 saturated heterocycles. The lowest BCUT2D eigenvalue weighted by atomic mass is 10.2. The summed E-state index contributed by atoms with van der Waals surface area (Å²) in [5, 5.41) is 6.51. The molecule has 0 aromatic carbocycles. The minimum atomic E-state index is 0.565. The fourth-order valence-corrected chi connectivity index (χ4v) is 1.91. The Bertz CT molecular complexity index is 221. The average Bonchev–Trinajstić information content (AvgIpc) is 2.31. The van der Waals surface area contributed by atoms with Crippen LogP contribution in [-0.2, 0) is 4.74 Å². The molecule has 0 saturated carbocycles. The van der Waals surface area contributed by atoms with E-state index in [-0.39, 0.29) is 0 Å². The van der Waals surface area contributed by atoms with Gasteiger partial charge in [0.05, 0.1) is 6.61 Å². The van der Waals surface area contributed by atoms with Crippen molar-refractivity contribution in [2.45, 2.75) is 39.8 Å². The van der Waals surface area contributed by atoms with E-state index in [0.29, 0.717) is 18.7 Å². The number of nitrogens with zero attached hydrogens (tertiary/aromatic N) is 2. The highest BCUT2D eigenvalue weighted by Gasteiger charge is 2.12. The van der Waals surface area contributed by atoms with Gasteiger partial charge < -0.3 is 15.4 Å². The van der Waals surface area contributed by atoms with Gasteiger partial charge in [-0.15, -0.1) is 0 Å². The highest BCUT2D eigenvalue weighted by molar-refractivity contribution is 5.79. The number of hydrogen-bond acceptors (Lipinski definition) is 3. The van der Waals surface area contributed by atoms with Gasteiger partial charge in [-0.25, -0.2) is 0 Å². The highest BCUT2D eigenvalue weighted by Crippen LogP contribution is 2.02. The molecule has 108 valence electrons. The van der Waals surface area contributed by atoms with Crippen molar-refractivity contribution in [3.05, 3.63) is 0 Å². The number of nitrogens with one attached hydrogen (secondary N) is 2. The van der Waals surface area contributed by atoms with Gasteiger partial charge in [0.25, 0.3) is 0 Å². The van der Waals surface area contributed by atoms with Crippen LogP contribution in [0.2, 0.25) is 0 Å². The van der Waals surface area contributed by atoms with Crippen LogP contribution in [-0.4, -0.2) is 63.3 Å². The number of guanidine groups is 1. The van der Waals surface area contributed by atoms with Gasteiger partial charge in [-0.1, -0.05) is 0 Å². The third-order valence-electron chi connectivity index (χ3n) is 2.81. The van der Waals surface area contributed by atoms with Crippen LogP contribution in [0.3, 0.4) is 0 Å². The summed E-state index contributed by atoms with van der Waals surface area (Å²) in [6.45, 7) is 12.3. The maximum atomic E-state index is 4.99. The number of hydrogen-bond donors (Lipinski definition) is 2. The largest absolute Gasteiger partial charge is 0.383 e. The quantitative estimate of drug-likeness (QED) is 0.386. The van der Waals surface area contributed by atoms with Crippen LogP contribution < -0.4 is 10.6 Å². The first kappa shape index (κ1) is 17.2. The maximum Gasteiger partial charge on any atom is 0.191 e. The van der Waals surface area contributed by atoms with Crippen LogP contribution in [0, 0.1) is 0 Å². The first-order valence-corrected chi connectivity index (χ1v) is 6.72. The van der Waals surface area contributed by atoms with Crippen molar-refractivity contribution in [2.75, 3.05) is 40.4 Å². The number of aliphatic imine (C=N–C) groups is 1. The van der Waals surface area contributed by atoms with Crippen molar-refractivity contribution in [3.63, 3.8) is 0 Å². The first-order chi connectivity index (χ1) is 8.52. The predicted octanol–water partition coefficient (Wildman–Crippen LogP) is 0.917. The molecule has 5 nitrogen and oxygen atoms in total. The van der Waals surface area contributed by atoms with Crippen molar-refractivity contribution in [1.29, 1.82) is 0 Å². The Hall–Kier alpha value is -0.810. The maximum absolute atomic E-state index is 4.99. The van der Waals surface area contributed by atoms with Crippen molar-refractivity contribution < 1.29 is 4.74 Å². The Balaban J connectivity index is 3.92. The van der Waals surface area contributed by atoms with E-state index in [0.717, 1.165) is 25.6 Å². The molecule has 5 heteroatoms. The van der Waals surface area contributed by atoms with E-state index in [9.17, 15) is 0 Å². The van der Waals surface area contributed by atoms with Gasteiger partial charge in [0.2, 0.25) is 0 Å². The SMILES string of the molecule is CN=C(NCCOC)NCCN(C(C)C)C(C)C. The van der Waals surface area contributed by atoms with Crippen molar-refractivity contribution >= 4 is 5.96 Å². The van der Waals surface area contributed by atoms with E-state index in [1.807, 2.05) is 0 Å². The minimum Gasteiger partial charge on any atom is -0.383 e. The number of rotatable bonds is 8. The summed E-state index contributed by atoms with van der Waals surface area (Å²) in [4.78, 5) is 6.62. The molecule has 0 aliphatic carbocycles. The summed E-state index contributed by atoms with van der Waals surface area (Å²) in [5.41, 5.74) is 0. The third-order valence-corrected chi connectivity index (χ3v) is 2.81. The second-order valence-corrected chi connectivity index (χ2v) is 4.84. The number of ether oxygens (including phenoxy) is 1. The summed E-state index contributed by atoms with van der Waals surface area (Å²) in [5.74, 6) is 0.833. The van der Waals surface area contributed by atoms with E-state index >= 15 is 0 Å². The van der Waals surface area contributed by atoms with E-state index in [1.54, 1.807) is 14.2 Å². The van der Waals surface area contributed by atoms with Crippen LogP contribution in [0.4, 0.5) is 0 Å². The lowest BCUT2D eigenvalue weighted by Gasteiger charge is -2.30. The fraction of sp³-hybridized carbons (Fsp3) is 0.923. The molecule has 0 aromatic heterocycles. The van der Waals surface area contributed by atoms with Crippen molar-refractivity contribution in [3.8, 4) is 0 Å². The molecule has 0 spiro atoms. The molecule has 0 aromatic rings. The Morgan fingerprint density at radius 3 is 2.11 bits per heavy atom. The molecule has 0 fully saturated rings. The van der Waals surface area contributed by atoms with Gasteiger partial charge >= 0.3 is 0 Å². The molecule has 2 N–H and O–H groups in total. The molecule has 18 heavy (non-hydrogen) atoms. The van der Waals surface area contributed by atoms with Gasteiger partial charge in [-0.2, -0.15) is 0 Å². The molecule has 0 amide bonds. The standard InChI is InChI=1S/C13H30N4O/c1-11(2)17(12(3)4)9-7-15-13(14-5)16-8-10-18-6/h11-12H,7-10H2,1-6H3,(H2,14,15,16). The highest BCUT2D eigenvalue weighted by atomic mass is 16.5. The molecule has 0 bridgehead atoms. The van der Waals surface area contributed by atoms with Gasteiger partial charge in [0.15, 0.2) is 5.96 Å². The summed E-state index contributed by atoms with van der Waals surface area (Å²) in [6, 6.07) is 1.13. The van der Waals surface area contributed by atoms with E-state index in [1.165, 1.54) is 0 Å². The van der Waals surface area contributed by atoms with Crippen LogP contribution >= 0.6 is 0 Å². The summed E-state index contributed by atoms with van der Waals surface area (Å²) >= 11 is 0. The van der Waals surface area contributed by atoms with E-state index in [2.05, 4.69) is 48.2 Å². The lowest BCUT2D eigenvalue weighted by Crippen LogP contribution is -2.45. The van der Waals surface area contributed by atoms with Gasteiger partial charge in [0.1, 0.15) is 0 Å². The summed E-state index contributed by atoms with van der Waals surface area (Å²) in [6.07, 6.45) is 0. The van der Waals surface area contributed by atoms with Gasteiger partial charge in [-0.3, -0.25) is 9.89 Å². The summed E-state index contributed by atoms with van der Waals surface area (Å²) in [7, 11) is 3.48. The van der Waals surface area contributed by atoms with Crippen LogP contribution in [0.25, 0.3) is 0 Å². The Kier molecular flexibility index (Phi) is 9.69. The molecular weight excluding hydrogens is 228 g/mol. The molecule has 0 heterocycles. The third kappa shape index (κ3) is 7.50. The van der Waals surface area contributed by atoms with Crippen LogP contribution in [0.15, 0.2) is 4.99 Å². The van der Waals surface area contributed by atoms with Gasteiger partial charge in [-0.05, 0) is 27.7 Å². The smallest absolute Gasteiger partial charge is 0.191 e. The first-order valence-electron chi connectivity index (χ1n) is 6.72. The van der Waals surface area contributed by atoms with Crippen molar-refractivity contribution in [2.24, 2.45) is 4.99 Å². The zero-order valence-corrected chi connectivity index (χ0v) is 12.8. The second-order valence-electron chi connectivity index (χ2n) is 4.84. The molecule has 0 atom stereocenters. The van der Waals surface area contributed by atoms with E-state index < -0.39 is 0 Å². The topological polar surface area (TPSA) is 48.9 Å². The lowest BCUT2D eigenvalue weighted by molar-refractivity contribution is 0.178. The zero-order chi connectivity index (χ0) is 14.0. The number of methoxy groups -OCH3 is 1. The molecular formula is C13H30N4O. The van der Waals surface area contributed by atoms with Crippen molar-refractivity contribution in [1.82, 2.24) is 15.5 Å². The average molecular weight is 258 g/mol. The molecule has 0 unspecified atom stereocenters. The van der Waals surface area contributed by atoms with Crippen LogP contribution in [0.5, 0.6) is 0 Å². The Morgan fingerprint density at radius 2 is 1.67 bits per heavy atom. The fourth-order valence-electron chi connectivity index (χ4n) is 1.91.